The van der Waals surface area contributed by atoms with Crippen LogP contribution in [-0.4, -0.2) is 30.8 Å². The third-order valence-corrected chi connectivity index (χ3v) is 4.30. The van der Waals surface area contributed by atoms with E-state index < -0.39 is 0 Å². The van der Waals surface area contributed by atoms with Crippen LogP contribution in [0.1, 0.15) is 57.7 Å². The Balaban J connectivity index is 2.36. The molecule has 0 aliphatic heterocycles. The van der Waals surface area contributed by atoms with E-state index in [1.54, 1.807) is 7.11 Å². The Morgan fingerprint density at radius 1 is 1.33 bits per heavy atom. The molecule has 0 bridgehead atoms. The molecule has 0 amide bonds. The number of methoxy groups -OCH3 is 1. The van der Waals surface area contributed by atoms with Crippen LogP contribution in [0.5, 0.6) is 5.75 Å². The van der Waals surface area contributed by atoms with Crippen molar-refractivity contribution in [2.75, 3.05) is 20.3 Å². The van der Waals surface area contributed by atoms with Gasteiger partial charge in [-0.1, -0.05) is 19.8 Å². The number of nitrogens with one attached hydrogen (secondary N) is 1. The van der Waals surface area contributed by atoms with Gasteiger partial charge in [-0.05, 0) is 44.9 Å². The molecule has 0 radical (unpaired) electrons. The highest BCUT2D eigenvalue weighted by Gasteiger charge is 2.44. The fourth-order valence-corrected chi connectivity index (χ4v) is 3.39. The zero-order chi connectivity index (χ0) is 15.1. The lowest BCUT2D eigenvalue weighted by Gasteiger charge is -2.38. The Labute approximate surface area is 128 Å². The van der Waals surface area contributed by atoms with Gasteiger partial charge in [0, 0.05) is 12.8 Å². The van der Waals surface area contributed by atoms with Gasteiger partial charge in [-0.3, -0.25) is 4.98 Å². The monoisotopic (exact) mass is 292 g/mol. The molecule has 21 heavy (non-hydrogen) atoms. The third-order valence-electron chi connectivity index (χ3n) is 4.30. The van der Waals surface area contributed by atoms with Gasteiger partial charge in [-0.2, -0.15) is 0 Å². The lowest BCUT2D eigenvalue weighted by Crippen LogP contribution is -2.45. The largest absolute Gasteiger partial charge is 0.495 e. The Hall–Kier alpha value is -1.13. The van der Waals surface area contributed by atoms with E-state index in [1.165, 1.54) is 12.8 Å². The molecule has 1 fully saturated rings. The first-order valence-electron chi connectivity index (χ1n) is 8.13. The van der Waals surface area contributed by atoms with Crippen molar-refractivity contribution in [1.29, 1.82) is 0 Å². The summed E-state index contributed by atoms with van der Waals surface area (Å²) in [5.41, 5.74) is 0.828. The predicted octanol–water partition coefficient (Wildman–Crippen LogP) is 3.48. The summed E-state index contributed by atoms with van der Waals surface area (Å²) >= 11 is 0. The SMILES string of the molecule is CCCNC(c1ncccc1OC)C1(OCC)CCCC1. The van der Waals surface area contributed by atoms with E-state index in [1.807, 2.05) is 18.3 Å². The molecular formula is C17H28N2O2. The molecule has 1 aromatic rings. The highest BCUT2D eigenvalue weighted by atomic mass is 16.5. The molecule has 0 saturated heterocycles. The van der Waals surface area contributed by atoms with Crippen molar-refractivity contribution in [2.45, 2.75) is 57.6 Å². The number of aromatic nitrogens is 1. The lowest BCUT2D eigenvalue weighted by molar-refractivity contribution is -0.0639. The maximum absolute atomic E-state index is 6.25. The normalized spacial score (nSPS) is 18.6. The summed E-state index contributed by atoms with van der Waals surface area (Å²) in [6.45, 7) is 5.95. The van der Waals surface area contributed by atoms with E-state index >= 15 is 0 Å². The standard InChI is InChI=1S/C17H28N2O2/c1-4-12-19-16(15-14(20-3)9-8-13-18-15)17(21-5-2)10-6-7-11-17/h8-9,13,16,19H,4-7,10-12H2,1-3H3. The minimum Gasteiger partial charge on any atom is -0.495 e. The predicted molar refractivity (Wildman–Crippen MR) is 84.6 cm³/mol. The lowest BCUT2D eigenvalue weighted by atomic mass is 9.88. The highest BCUT2D eigenvalue weighted by molar-refractivity contribution is 5.32. The summed E-state index contributed by atoms with van der Waals surface area (Å²) in [7, 11) is 1.71. The summed E-state index contributed by atoms with van der Waals surface area (Å²) in [5, 5.41) is 3.66. The van der Waals surface area contributed by atoms with Gasteiger partial charge in [0.25, 0.3) is 0 Å². The molecule has 1 aromatic heterocycles. The van der Waals surface area contributed by atoms with Crippen LogP contribution in [0.3, 0.4) is 0 Å². The number of pyridine rings is 1. The maximum atomic E-state index is 6.25. The van der Waals surface area contributed by atoms with Gasteiger partial charge < -0.3 is 14.8 Å². The third kappa shape index (κ3) is 3.55. The molecule has 1 unspecified atom stereocenters. The zero-order valence-electron chi connectivity index (χ0n) is 13.5. The summed E-state index contributed by atoms with van der Waals surface area (Å²) < 4.78 is 11.8. The molecule has 1 N–H and O–H groups in total. The van der Waals surface area contributed by atoms with Crippen molar-refractivity contribution in [3.05, 3.63) is 24.0 Å². The summed E-state index contributed by atoms with van der Waals surface area (Å²) in [4.78, 5) is 4.61. The van der Waals surface area contributed by atoms with Gasteiger partial charge >= 0.3 is 0 Å². The molecule has 0 spiro atoms. The molecular weight excluding hydrogens is 264 g/mol. The first kappa shape index (κ1) is 16.2. The Morgan fingerprint density at radius 2 is 2.10 bits per heavy atom. The van der Waals surface area contributed by atoms with Crippen LogP contribution in [-0.2, 0) is 4.74 Å². The quantitative estimate of drug-likeness (QED) is 0.796. The van der Waals surface area contributed by atoms with Gasteiger partial charge in [0.1, 0.15) is 11.4 Å². The van der Waals surface area contributed by atoms with Crippen LogP contribution in [0.25, 0.3) is 0 Å². The van der Waals surface area contributed by atoms with Crippen LogP contribution in [0.15, 0.2) is 18.3 Å². The fraction of sp³-hybridized carbons (Fsp3) is 0.706. The van der Waals surface area contributed by atoms with Crippen LogP contribution >= 0.6 is 0 Å². The van der Waals surface area contributed by atoms with E-state index in [0.717, 1.165) is 43.9 Å². The Kier molecular flexibility index (Phi) is 6.00. The number of hydrogen-bond acceptors (Lipinski definition) is 4. The van der Waals surface area contributed by atoms with Crippen molar-refractivity contribution in [2.24, 2.45) is 0 Å². The first-order chi connectivity index (χ1) is 10.3. The number of rotatable bonds is 8. The minimum atomic E-state index is -0.147. The van der Waals surface area contributed by atoms with E-state index in [4.69, 9.17) is 9.47 Å². The highest BCUT2D eigenvalue weighted by Crippen LogP contribution is 2.44. The van der Waals surface area contributed by atoms with Crippen LogP contribution in [0.2, 0.25) is 0 Å². The second kappa shape index (κ2) is 7.76. The molecule has 1 aliphatic rings. The topological polar surface area (TPSA) is 43.4 Å². The first-order valence-corrected chi connectivity index (χ1v) is 8.13. The number of nitrogens with zero attached hydrogens (tertiary/aromatic N) is 1. The molecule has 118 valence electrons. The molecule has 2 rings (SSSR count). The maximum Gasteiger partial charge on any atom is 0.142 e. The van der Waals surface area contributed by atoms with E-state index in [-0.39, 0.29) is 11.6 Å². The van der Waals surface area contributed by atoms with Crippen LogP contribution < -0.4 is 10.1 Å². The number of hydrogen-bond donors (Lipinski definition) is 1. The van der Waals surface area contributed by atoms with Crippen molar-refractivity contribution in [3.63, 3.8) is 0 Å². The molecule has 1 atom stereocenters. The second-order valence-electron chi connectivity index (χ2n) is 5.68. The molecule has 4 heteroatoms. The molecule has 1 aliphatic carbocycles. The van der Waals surface area contributed by atoms with Crippen molar-refractivity contribution >= 4 is 0 Å². The van der Waals surface area contributed by atoms with Gasteiger partial charge in [0.15, 0.2) is 0 Å². The average molecular weight is 292 g/mol. The molecule has 1 heterocycles. The smallest absolute Gasteiger partial charge is 0.142 e. The van der Waals surface area contributed by atoms with Gasteiger partial charge in [0.05, 0.1) is 18.8 Å². The molecule has 0 aromatic carbocycles. The van der Waals surface area contributed by atoms with Crippen molar-refractivity contribution < 1.29 is 9.47 Å². The van der Waals surface area contributed by atoms with Gasteiger partial charge in [-0.15, -0.1) is 0 Å². The Bertz CT molecular complexity index is 431. The van der Waals surface area contributed by atoms with Crippen LogP contribution in [0, 0.1) is 0 Å². The zero-order valence-corrected chi connectivity index (χ0v) is 13.5. The van der Waals surface area contributed by atoms with Crippen molar-refractivity contribution in [3.8, 4) is 5.75 Å². The Morgan fingerprint density at radius 3 is 2.71 bits per heavy atom. The average Bonchev–Trinajstić information content (AvgIpc) is 2.98. The summed E-state index contributed by atoms with van der Waals surface area (Å²) in [6, 6.07) is 4.00. The minimum absolute atomic E-state index is 0.0936. The van der Waals surface area contributed by atoms with E-state index in [2.05, 4.69) is 24.1 Å². The summed E-state index contributed by atoms with van der Waals surface area (Å²) in [5.74, 6) is 0.845. The van der Waals surface area contributed by atoms with Crippen LogP contribution in [0.4, 0.5) is 0 Å². The second-order valence-corrected chi connectivity index (χ2v) is 5.68. The fourth-order valence-electron chi connectivity index (χ4n) is 3.39. The summed E-state index contributed by atoms with van der Waals surface area (Å²) in [6.07, 6.45) is 7.55. The number of ether oxygens (including phenoxy) is 2. The van der Waals surface area contributed by atoms with Gasteiger partial charge in [0.2, 0.25) is 0 Å². The molecule has 1 saturated carbocycles. The van der Waals surface area contributed by atoms with E-state index in [0.29, 0.717) is 0 Å². The van der Waals surface area contributed by atoms with Gasteiger partial charge in [-0.25, -0.2) is 0 Å². The van der Waals surface area contributed by atoms with E-state index in [9.17, 15) is 0 Å². The molecule has 4 nitrogen and oxygen atoms in total. The van der Waals surface area contributed by atoms with Crippen molar-refractivity contribution in [1.82, 2.24) is 10.3 Å².